The van der Waals surface area contributed by atoms with Gasteiger partial charge in [-0.15, -0.1) is 12.4 Å². The second-order valence-electron chi connectivity index (χ2n) is 5.26. The summed E-state index contributed by atoms with van der Waals surface area (Å²) in [6.45, 7) is 5.77. The average molecular weight is 283 g/mol. The molecule has 2 rings (SSSR count). The lowest BCUT2D eigenvalue weighted by Crippen LogP contribution is -2.35. The quantitative estimate of drug-likeness (QED) is 0.927. The van der Waals surface area contributed by atoms with Crippen LogP contribution in [-0.4, -0.2) is 23.4 Å². The van der Waals surface area contributed by atoms with E-state index < -0.39 is 0 Å². The fourth-order valence-corrected chi connectivity index (χ4v) is 2.74. The molecule has 0 bridgehead atoms. The molecule has 2 atom stereocenters. The molecule has 0 aliphatic carbocycles. The van der Waals surface area contributed by atoms with Gasteiger partial charge < -0.3 is 10.6 Å². The third kappa shape index (κ3) is 3.48. The van der Waals surface area contributed by atoms with Crippen molar-refractivity contribution in [3.63, 3.8) is 0 Å². The van der Waals surface area contributed by atoms with Crippen molar-refractivity contribution in [2.45, 2.75) is 39.3 Å². The van der Waals surface area contributed by atoms with Crippen LogP contribution in [0.3, 0.4) is 0 Å². The van der Waals surface area contributed by atoms with Gasteiger partial charge in [0.1, 0.15) is 0 Å². The van der Waals surface area contributed by atoms with Gasteiger partial charge in [0, 0.05) is 24.7 Å². The Kier molecular flexibility index (Phi) is 5.83. The number of benzene rings is 1. The van der Waals surface area contributed by atoms with Gasteiger partial charge in [-0.2, -0.15) is 0 Å². The van der Waals surface area contributed by atoms with Crippen LogP contribution in [0.4, 0.5) is 0 Å². The van der Waals surface area contributed by atoms with Gasteiger partial charge in [0.05, 0.1) is 0 Å². The Morgan fingerprint density at radius 1 is 1.37 bits per heavy atom. The lowest BCUT2D eigenvalue weighted by Gasteiger charge is -2.23. The summed E-state index contributed by atoms with van der Waals surface area (Å²) in [6.07, 6.45) is 2.17. The van der Waals surface area contributed by atoms with E-state index in [0.717, 1.165) is 30.5 Å². The summed E-state index contributed by atoms with van der Waals surface area (Å²) in [5, 5.41) is 0. The molecule has 1 fully saturated rings. The molecule has 4 heteroatoms. The van der Waals surface area contributed by atoms with Crippen LogP contribution in [0.1, 0.15) is 42.6 Å². The Morgan fingerprint density at radius 2 is 2.00 bits per heavy atom. The van der Waals surface area contributed by atoms with Crippen LogP contribution < -0.4 is 5.73 Å². The molecule has 1 aliphatic rings. The molecule has 0 aromatic heterocycles. The SMILES string of the molecule is CCC1CC(C)CN1C(=O)c1ccc(CN)cc1.Cl. The zero-order valence-corrected chi connectivity index (χ0v) is 12.5. The second-order valence-corrected chi connectivity index (χ2v) is 5.26. The van der Waals surface area contributed by atoms with Crippen molar-refractivity contribution >= 4 is 18.3 Å². The molecule has 1 aromatic rings. The van der Waals surface area contributed by atoms with Crippen molar-refractivity contribution < 1.29 is 4.79 Å². The van der Waals surface area contributed by atoms with Crippen molar-refractivity contribution in [3.8, 4) is 0 Å². The monoisotopic (exact) mass is 282 g/mol. The Morgan fingerprint density at radius 3 is 2.53 bits per heavy atom. The van der Waals surface area contributed by atoms with Crippen molar-refractivity contribution in [1.82, 2.24) is 4.90 Å². The number of carbonyl (C=O) groups excluding carboxylic acids is 1. The molecule has 3 nitrogen and oxygen atoms in total. The minimum atomic E-state index is 0. The summed E-state index contributed by atoms with van der Waals surface area (Å²) in [4.78, 5) is 14.5. The van der Waals surface area contributed by atoms with E-state index in [1.807, 2.05) is 29.2 Å². The Bertz CT molecular complexity index is 419. The Hall–Kier alpha value is -1.06. The predicted octanol–water partition coefficient (Wildman–Crippen LogP) is 2.83. The molecule has 0 radical (unpaired) electrons. The minimum Gasteiger partial charge on any atom is -0.335 e. The lowest BCUT2D eigenvalue weighted by atomic mass is 10.1. The van der Waals surface area contributed by atoms with E-state index in [1.165, 1.54) is 0 Å². The number of rotatable bonds is 3. The summed E-state index contributed by atoms with van der Waals surface area (Å²) < 4.78 is 0. The molecule has 19 heavy (non-hydrogen) atoms. The van der Waals surface area contributed by atoms with Crippen LogP contribution in [0.25, 0.3) is 0 Å². The zero-order chi connectivity index (χ0) is 13.1. The highest BCUT2D eigenvalue weighted by Crippen LogP contribution is 2.26. The van der Waals surface area contributed by atoms with Crippen LogP contribution >= 0.6 is 12.4 Å². The molecule has 2 N–H and O–H groups in total. The molecule has 0 spiro atoms. The maximum Gasteiger partial charge on any atom is 0.254 e. The van der Waals surface area contributed by atoms with E-state index in [9.17, 15) is 4.79 Å². The number of hydrogen-bond acceptors (Lipinski definition) is 2. The molecular formula is C15H23ClN2O. The first-order valence-corrected chi connectivity index (χ1v) is 6.75. The molecule has 1 aromatic carbocycles. The molecule has 1 aliphatic heterocycles. The lowest BCUT2D eigenvalue weighted by molar-refractivity contribution is 0.0730. The standard InChI is InChI=1S/C15H22N2O.ClH/c1-3-14-8-11(2)10-17(14)15(18)13-6-4-12(9-16)5-7-13;/h4-7,11,14H,3,8-10,16H2,1-2H3;1H. The fourth-order valence-electron chi connectivity index (χ4n) is 2.74. The topological polar surface area (TPSA) is 46.3 Å². The normalized spacial score (nSPS) is 22.2. The van der Waals surface area contributed by atoms with Crippen molar-refractivity contribution in [1.29, 1.82) is 0 Å². The third-order valence-corrected chi connectivity index (χ3v) is 3.79. The number of nitrogens with zero attached hydrogens (tertiary/aromatic N) is 1. The van der Waals surface area contributed by atoms with Crippen molar-refractivity contribution in [2.75, 3.05) is 6.54 Å². The first kappa shape index (κ1) is 16.0. The zero-order valence-electron chi connectivity index (χ0n) is 11.6. The average Bonchev–Trinajstić information content (AvgIpc) is 2.79. The van der Waals surface area contributed by atoms with E-state index in [2.05, 4.69) is 13.8 Å². The fraction of sp³-hybridized carbons (Fsp3) is 0.533. The van der Waals surface area contributed by atoms with Gasteiger partial charge >= 0.3 is 0 Å². The van der Waals surface area contributed by atoms with Crippen molar-refractivity contribution in [2.24, 2.45) is 11.7 Å². The van der Waals surface area contributed by atoms with Crippen LogP contribution in [0.15, 0.2) is 24.3 Å². The van der Waals surface area contributed by atoms with Crippen LogP contribution in [0.2, 0.25) is 0 Å². The summed E-state index contributed by atoms with van der Waals surface area (Å²) in [7, 11) is 0. The smallest absolute Gasteiger partial charge is 0.254 e. The molecule has 2 unspecified atom stereocenters. The van der Waals surface area contributed by atoms with E-state index in [4.69, 9.17) is 5.73 Å². The highest BCUT2D eigenvalue weighted by molar-refractivity contribution is 5.94. The van der Waals surface area contributed by atoms with E-state index in [-0.39, 0.29) is 18.3 Å². The van der Waals surface area contributed by atoms with Crippen LogP contribution in [0.5, 0.6) is 0 Å². The van der Waals surface area contributed by atoms with Crippen LogP contribution in [0, 0.1) is 5.92 Å². The molecule has 1 saturated heterocycles. The van der Waals surface area contributed by atoms with Gasteiger partial charge in [0.2, 0.25) is 0 Å². The molecule has 1 amide bonds. The number of likely N-dealkylation sites (tertiary alicyclic amines) is 1. The summed E-state index contributed by atoms with van der Waals surface area (Å²) in [6, 6.07) is 8.06. The summed E-state index contributed by atoms with van der Waals surface area (Å²) in [5.41, 5.74) is 7.41. The van der Waals surface area contributed by atoms with Crippen LogP contribution in [-0.2, 0) is 6.54 Å². The number of nitrogens with two attached hydrogens (primary N) is 1. The van der Waals surface area contributed by atoms with Gasteiger partial charge in [-0.25, -0.2) is 0 Å². The van der Waals surface area contributed by atoms with Gasteiger partial charge in [-0.3, -0.25) is 4.79 Å². The Labute approximate surface area is 121 Å². The van der Waals surface area contributed by atoms with Gasteiger partial charge in [0.25, 0.3) is 5.91 Å². The number of halogens is 1. The molecule has 1 heterocycles. The van der Waals surface area contributed by atoms with E-state index in [1.54, 1.807) is 0 Å². The van der Waals surface area contributed by atoms with Gasteiger partial charge in [-0.1, -0.05) is 26.0 Å². The summed E-state index contributed by atoms with van der Waals surface area (Å²) in [5.74, 6) is 0.775. The molecule has 0 saturated carbocycles. The van der Waals surface area contributed by atoms with Gasteiger partial charge in [-0.05, 0) is 36.5 Å². The number of amides is 1. The van der Waals surface area contributed by atoms with Crippen molar-refractivity contribution in [3.05, 3.63) is 35.4 Å². The first-order chi connectivity index (χ1) is 8.65. The maximum absolute atomic E-state index is 12.5. The third-order valence-electron chi connectivity index (χ3n) is 3.79. The number of hydrogen-bond donors (Lipinski definition) is 1. The maximum atomic E-state index is 12.5. The highest BCUT2D eigenvalue weighted by atomic mass is 35.5. The minimum absolute atomic E-state index is 0. The second kappa shape index (κ2) is 6.92. The number of carbonyl (C=O) groups is 1. The molecule has 106 valence electrons. The van der Waals surface area contributed by atoms with Gasteiger partial charge in [0.15, 0.2) is 0 Å². The largest absolute Gasteiger partial charge is 0.335 e. The first-order valence-electron chi connectivity index (χ1n) is 6.75. The Balaban J connectivity index is 0.00000180. The molecular weight excluding hydrogens is 260 g/mol. The predicted molar refractivity (Wildman–Crippen MR) is 80.5 cm³/mol. The van der Waals surface area contributed by atoms with E-state index >= 15 is 0 Å². The van der Waals surface area contributed by atoms with E-state index in [0.29, 0.717) is 18.5 Å². The highest BCUT2D eigenvalue weighted by Gasteiger charge is 2.32. The summed E-state index contributed by atoms with van der Waals surface area (Å²) >= 11 is 0.